The lowest BCUT2D eigenvalue weighted by molar-refractivity contribution is -0.121. The Bertz CT molecular complexity index is 532. The third-order valence-corrected chi connectivity index (χ3v) is 3.00. The second kappa shape index (κ2) is 5.53. The number of amides is 2. The van der Waals surface area contributed by atoms with Crippen LogP contribution in [0.1, 0.15) is 36.7 Å². The lowest BCUT2D eigenvalue weighted by Gasteiger charge is -2.20. The molecule has 1 aliphatic heterocycles. The largest absolute Gasteiger partial charge is 0.384 e. The minimum Gasteiger partial charge on any atom is -0.384 e. The van der Waals surface area contributed by atoms with Gasteiger partial charge >= 0.3 is 0 Å². The molecule has 0 radical (unpaired) electrons. The van der Waals surface area contributed by atoms with Crippen LogP contribution in [0.3, 0.4) is 0 Å². The molecule has 2 rings (SSSR count). The second-order valence-electron chi connectivity index (χ2n) is 6.03. The molecular weight excluding hydrogens is 254 g/mol. The summed E-state index contributed by atoms with van der Waals surface area (Å²) in [5.74, 6) is -0.405. The zero-order chi connectivity index (χ0) is 14.8. The number of rotatable bonds is 3. The lowest BCUT2D eigenvalue weighted by atomic mass is 10.1. The quantitative estimate of drug-likeness (QED) is 0.778. The molecule has 0 saturated heterocycles. The van der Waals surface area contributed by atoms with Crippen molar-refractivity contribution >= 4 is 17.5 Å². The Balaban J connectivity index is 1.91. The average Bonchev–Trinajstić information content (AvgIpc) is 2.80. The Labute approximate surface area is 119 Å². The van der Waals surface area contributed by atoms with Gasteiger partial charge in [-0.2, -0.15) is 0 Å². The van der Waals surface area contributed by atoms with Gasteiger partial charge in [0.1, 0.15) is 0 Å². The summed E-state index contributed by atoms with van der Waals surface area (Å²) < 4.78 is 0. The van der Waals surface area contributed by atoms with E-state index in [1.807, 2.05) is 32.9 Å². The van der Waals surface area contributed by atoms with E-state index in [0.29, 0.717) is 5.56 Å². The molecule has 5 nitrogen and oxygen atoms in total. The van der Waals surface area contributed by atoms with Crippen molar-refractivity contribution in [3.63, 3.8) is 0 Å². The first-order valence-corrected chi connectivity index (χ1v) is 6.81. The Hall–Kier alpha value is -2.04. The fourth-order valence-electron chi connectivity index (χ4n) is 2.17. The van der Waals surface area contributed by atoms with Gasteiger partial charge in [0.2, 0.25) is 5.91 Å². The molecular formula is C15H21N3O2. The number of nitrogens with one attached hydrogen (secondary N) is 3. The smallest absolute Gasteiger partial charge is 0.251 e. The van der Waals surface area contributed by atoms with Gasteiger partial charge in [0, 0.05) is 23.3 Å². The van der Waals surface area contributed by atoms with Gasteiger partial charge in [0.25, 0.3) is 5.91 Å². The van der Waals surface area contributed by atoms with Crippen molar-refractivity contribution < 1.29 is 9.59 Å². The van der Waals surface area contributed by atoms with Crippen LogP contribution in [0.4, 0.5) is 5.69 Å². The van der Waals surface area contributed by atoms with E-state index in [-0.39, 0.29) is 23.9 Å². The predicted molar refractivity (Wildman–Crippen MR) is 78.9 cm³/mol. The molecule has 1 aromatic rings. The van der Waals surface area contributed by atoms with Crippen LogP contribution < -0.4 is 16.0 Å². The molecule has 0 spiro atoms. The molecule has 1 heterocycles. The first-order chi connectivity index (χ1) is 9.35. The molecule has 0 saturated carbocycles. The van der Waals surface area contributed by atoms with E-state index in [9.17, 15) is 9.59 Å². The van der Waals surface area contributed by atoms with Crippen LogP contribution in [0.2, 0.25) is 0 Å². The van der Waals surface area contributed by atoms with Crippen molar-refractivity contribution in [2.75, 3.05) is 18.4 Å². The highest BCUT2D eigenvalue weighted by Gasteiger charge is 2.16. The Morgan fingerprint density at radius 2 is 2.05 bits per heavy atom. The van der Waals surface area contributed by atoms with Crippen LogP contribution in [0.15, 0.2) is 18.2 Å². The minimum atomic E-state index is -0.291. The van der Waals surface area contributed by atoms with Crippen molar-refractivity contribution in [1.29, 1.82) is 0 Å². The Morgan fingerprint density at radius 1 is 1.30 bits per heavy atom. The second-order valence-corrected chi connectivity index (χ2v) is 6.03. The van der Waals surface area contributed by atoms with Gasteiger partial charge in [-0.05, 0) is 51.0 Å². The number of anilines is 1. The van der Waals surface area contributed by atoms with Gasteiger partial charge < -0.3 is 16.0 Å². The number of hydrogen-bond acceptors (Lipinski definition) is 3. The third kappa shape index (κ3) is 3.73. The van der Waals surface area contributed by atoms with Crippen molar-refractivity contribution in [3.05, 3.63) is 29.3 Å². The summed E-state index contributed by atoms with van der Waals surface area (Å²) in [6, 6.07) is 5.56. The maximum atomic E-state index is 12.0. The molecule has 5 heteroatoms. The van der Waals surface area contributed by atoms with E-state index >= 15 is 0 Å². The van der Waals surface area contributed by atoms with Crippen molar-refractivity contribution in [2.45, 2.75) is 32.7 Å². The first-order valence-electron chi connectivity index (χ1n) is 6.81. The summed E-state index contributed by atoms with van der Waals surface area (Å²) in [4.78, 5) is 23.6. The SMILES string of the molecule is CC(C)(C)NC(=O)CNC(=O)c1ccc2c(c1)CCN2. The molecule has 0 unspecified atom stereocenters. The first kappa shape index (κ1) is 14.4. The van der Waals surface area contributed by atoms with Crippen molar-refractivity contribution in [2.24, 2.45) is 0 Å². The van der Waals surface area contributed by atoms with Gasteiger partial charge in [-0.25, -0.2) is 0 Å². The number of carbonyl (C=O) groups excluding carboxylic acids is 2. The molecule has 0 bridgehead atoms. The predicted octanol–water partition coefficient (Wildman–Crippen LogP) is 1.30. The average molecular weight is 275 g/mol. The number of fused-ring (bicyclic) bond motifs is 1. The van der Waals surface area contributed by atoms with Gasteiger partial charge in [-0.15, -0.1) is 0 Å². The highest BCUT2D eigenvalue weighted by atomic mass is 16.2. The normalized spacial score (nSPS) is 13.3. The molecule has 108 valence electrons. The highest BCUT2D eigenvalue weighted by Crippen LogP contribution is 2.22. The molecule has 2 amide bonds. The lowest BCUT2D eigenvalue weighted by Crippen LogP contribution is -2.45. The van der Waals surface area contributed by atoms with Crippen LogP contribution in [-0.2, 0) is 11.2 Å². The summed E-state index contributed by atoms with van der Waals surface area (Å²) in [5.41, 5.74) is 2.54. The summed E-state index contributed by atoms with van der Waals surface area (Å²) in [5, 5.41) is 8.69. The van der Waals surface area contributed by atoms with Crippen LogP contribution >= 0.6 is 0 Å². The van der Waals surface area contributed by atoms with E-state index in [0.717, 1.165) is 24.2 Å². The van der Waals surface area contributed by atoms with Crippen molar-refractivity contribution in [3.8, 4) is 0 Å². The number of carbonyl (C=O) groups is 2. The minimum absolute atomic E-state index is 0.00849. The Kier molecular flexibility index (Phi) is 3.97. The van der Waals surface area contributed by atoms with Gasteiger partial charge in [0.05, 0.1) is 6.54 Å². The summed E-state index contributed by atoms with van der Waals surface area (Å²) in [6.07, 6.45) is 0.932. The zero-order valence-corrected chi connectivity index (χ0v) is 12.2. The number of hydrogen-bond donors (Lipinski definition) is 3. The summed E-state index contributed by atoms with van der Waals surface area (Å²) in [7, 11) is 0. The van der Waals surface area contributed by atoms with Crippen LogP contribution in [-0.4, -0.2) is 30.4 Å². The zero-order valence-electron chi connectivity index (χ0n) is 12.2. The maximum absolute atomic E-state index is 12.0. The van der Waals surface area contributed by atoms with Gasteiger partial charge in [-0.3, -0.25) is 9.59 Å². The van der Waals surface area contributed by atoms with Gasteiger partial charge in [-0.1, -0.05) is 0 Å². The van der Waals surface area contributed by atoms with Crippen LogP contribution in [0.25, 0.3) is 0 Å². The molecule has 1 aromatic carbocycles. The highest BCUT2D eigenvalue weighted by molar-refractivity contribution is 5.97. The molecule has 20 heavy (non-hydrogen) atoms. The van der Waals surface area contributed by atoms with E-state index in [1.54, 1.807) is 6.07 Å². The summed E-state index contributed by atoms with van der Waals surface area (Å²) in [6.45, 7) is 6.61. The molecule has 0 fully saturated rings. The van der Waals surface area contributed by atoms with E-state index in [4.69, 9.17) is 0 Å². The fourth-order valence-corrected chi connectivity index (χ4v) is 2.17. The molecule has 0 atom stereocenters. The Morgan fingerprint density at radius 3 is 2.75 bits per heavy atom. The standard InChI is InChI=1S/C15H21N3O2/c1-15(2,3)18-13(19)9-17-14(20)11-4-5-12-10(8-11)6-7-16-12/h4-5,8,16H,6-7,9H2,1-3H3,(H,17,20)(H,18,19). The summed E-state index contributed by atoms with van der Waals surface area (Å²) >= 11 is 0. The van der Waals surface area contributed by atoms with Crippen LogP contribution in [0, 0.1) is 0 Å². The fraction of sp³-hybridized carbons (Fsp3) is 0.467. The molecule has 0 aromatic heterocycles. The molecule has 0 aliphatic carbocycles. The molecule has 1 aliphatic rings. The van der Waals surface area contributed by atoms with Crippen LogP contribution in [0.5, 0.6) is 0 Å². The van der Waals surface area contributed by atoms with Crippen molar-refractivity contribution in [1.82, 2.24) is 10.6 Å². The monoisotopic (exact) mass is 275 g/mol. The maximum Gasteiger partial charge on any atom is 0.251 e. The van der Waals surface area contributed by atoms with E-state index in [2.05, 4.69) is 16.0 Å². The van der Waals surface area contributed by atoms with E-state index in [1.165, 1.54) is 0 Å². The number of benzene rings is 1. The third-order valence-electron chi connectivity index (χ3n) is 3.00. The van der Waals surface area contributed by atoms with E-state index < -0.39 is 0 Å². The molecule has 3 N–H and O–H groups in total. The van der Waals surface area contributed by atoms with Gasteiger partial charge in [0.15, 0.2) is 0 Å². The topological polar surface area (TPSA) is 70.2 Å².